The molecule has 86 valence electrons. The third-order valence-electron chi connectivity index (χ3n) is 3.53. The van der Waals surface area contributed by atoms with E-state index in [0.717, 1.165) is 32.5 Å². The topological polar surface area (TPSA) is 32.3 Å². The fraction of sp³-hybridized carbons (Fsp3) is 0.917. The fourth-order valence-electron chi connectivity index (χ4n) is 2.58. The van der Waals surface area contributed by atoms with E-state index < -0.39 is 0 Å². The minimum Gasteiger partial charge on any atom is -0.307 e. The van der Waals surface area contributed by atoms with E-state index in [1.165, 1.54) is 25.7 Å². The van der Waals surface area contributed by atoms with Gasteiger partial charge in [-0.05, 0) is 45.3 Å². The molecule has 0 aromatic carbocycles. The summed E-state index contributed by atoms with van der Waals surface area (Å²) < 4.78 is 0. The monoisotopic (exact) mass is 210 g/mol. The maximum absolute atomic E-state index is 11.9. The van der Waals surface area contributed by atoms with Crippen LogP contribution in [-0.2, 0) is 4.79 Å². The number of nitrogens with one attached hydrogen (secondary N) is 1. The Morgan fingerprint density at radius 2 is 1.87 bits per heavy atom. The van der Waals surface area contributed by atoms with Gasteiger partial charge >= 0.3 is 0 Å². The van der Waals surface area contributed by atoms with E-state index in [2.05, 4.69) is 10.2 Å². The summed E-state index contributed by atoms with van der Waals surface area (Å²) >= 11 is 0. The number of hydrogen-bond donors (Lipinski definition) is 1. The molecule has 0 bridgehead atoms. The number of ketones is 1. The van der Waals surface area contributed by atoms with Crippen LogP contribution in [0.15, 0.2) is 0 Å². The van der Waals surface area contributed by atoms with Gasteiger partial charge in [-0.3, -0.25) is 9.69 Å². The summed E-state index contributed by atoms with van der Waals surface area (Å²) in [6.07, 6.45) is 7.43. The van der Waals surface area contributed by atoms with Crippen molar-refractivity contribution in [1.29, 1.82) is 0 Å². The molecule has 2 rings (SSSR count). The standard InChI is InChI=1S/C12H22N2O/c15-12(11-6-5-7-13-11)10-14-8-3-1-2-4-9-14/h11,13H,1-10H2. The molecule has 0 radical (unpaired) electrons. The van der Waals surface area contributed by atoms with E-state index in [1.807, 2.05) is 0 Å². The molecule has 0 aromatic heterocycles. The molecule has 1 unspecified atom stereocenters. The van der Waals surface area contributed by atoms with Crippen LogP contribution in [0.3, 0.4) is 0 Å². The average molecular weight is 210 g/mol. The second-order valence-corrected chi connectivity index (χ2v) is 4.81. The normalized spacial score (nSPS) is 28.9. The van der Waals surface area contributed by atoms with Crippen LogP contribution in [0, 0.1) is 0 Å². The van der Waals surface area contributed by atoms with Crippen LogP contribution in [0.2, 0.25) is 0 Å². The molecule has 3 nitrogen and oxygen atoms in total. The van der Waals surface area contributed by atoms with Crippen molar-refractivity contribution in [1.82, 2.24) is 10.2 Å². The molecule has 0 amide bonds. The molecule has 3 heteroatoms. The Kier molecular flexibility index (Phi) is 4.15. The van der Waals surface area contributed by atoms with Crippen LogP contribution in [0.25, 0.3) is 0 Å². The maximum atomic E-state index is 11.9. The number of carbonyl (C=O) groups is 1. The minimum absolute atomic E-state index is 0.160. The first-order chi connectivity index (χ1) is 7.36. The lowest BCUT2D eigenvalue weighted by molar-refractivity contribution is -0.121. The lowest BCUT2D eigenvalue weighted by Gasteiger charge is -2.20. The van der Waals surface area contributed by atoms with Crippen LogP contribution in [0.5, 0.6) is 0 Å². The summed E-state index contributed by atoms with van der Waals surface area (Å²) in [6.45, 7) is 3.95. The van der Waals surface area contributed by atoms with Gasteiger partial charge in [0.1, 0.15) is 0 Å². The molecule has 0 saturated carbocycles. The van der Waals surface area contributed by atoms with E-state index in [4.69, 9.17) is 0 Å². The minimum atomic E-state index is 0.160. The van der Waals surface area contributed by atoms with Crippen molar-refractivity contribution in [3.05, 3.63) is 0 Å². The molecule has 0 aliphatic carbocycles. The molecule has 2 fully saturated rings. The Balaban J connectivity index is 1.76. The Bertz CT molecular complexity index is 204. The first-order valence-electron chi connectivity index (χ1n) is 6.35. The summed E-state index contributed by atoms with van der Waals surface area (Å²) in [6, 6.07) is 0.160. The van der Waals surface area contributed by atoms with Gasteiger partial charge in [-0.25, -0.2) is 0 Å². The zero-order chi connectivity index (χ0) is 10.5. The number of rotatable bonds is 3. The predicted octanol–water partition coefficient (Wildman–Crippen LogP) is 1.18. The molecule has 2 heterocycles. The van der Waals surface area contributed by atoms with Crippen molar-refractivity contribution in [2.75, 3.05) is 26.2 Å². The number of Topliss-reactive ketones (excluding diaryl/α,β-unsaturated/α-hetero) is 1. The Morgan fingerprint density at radius 1 is 1.13 bits per heavy atom. The molecule has 1 atom stereocenters. The van der Waals surface area contributed by atoms with E-state index in [9.17, 15) is 4.79 Å². The van der Waals surface area contributed by atoms with Crippen LogP contribution < -0.4 is 5.32 Å². The molecule has 2 aliphatic rings. The van der Waals surface area contributed by atoms with Gasteiger partial charge in [0.25, 0.3) is 0 Å². The molecular weight excluding hydrogens is 188 g/mol. The smallest absolute Gasteiger partial charge is 0.163 e. The largest absolute Gasteiger partial charge is 0.307 e. The number of carbonyl (C=O) groups excluding carboxylic acids is 1. The third-order valence-corrected chi connectivity index (χ3v) is 3.53. The Morgan fingerprint density at radius 3 is 2.47 bits per heavy atom. The zero-order valence-electron chi connectivity index (χ0n) is 9.50. The van der Waals surface area contributed by atoms with Crippen LogP contribution in [-0.4, -0.2) is 42.9 Å². The number of likely N-dealkylation sites (tertiary alicyclic amines) is 1. The van der Waals surface area contributed by atoms with Gasteiger partial charge in [0.2, 0.25) is 0 Å². The zero-order valence-corrected chi connectivity index (χ0v) is 9.50. The molecular formula is C12H22N2O. The van der Waals surface area contributed by atoms with E-state index in [1.54, 1.807) is 0 Å². The van der Waals surface area contributed by atoms with Gasteiger partial charge < -0.3 is 5.32 Å². The summed E-state index contributed by atoms with van der Waals surface area (Å²) in [4.78, 5) is 14.3. The molecule has 1 N–H and O–H groups in total. The first kappa shape index (κ1) is 11.1. The molecule has 2 saturated heterocycles. The lowest BCUT2D eigenvalue weighted by Crippen LogP contribution is -2.40. The average Bonchev–Trinajstić information content (AvgIpc) is 2.65. The number of hydrogen-bond acceptors (Lipinski definition) is 3. The third kappa shape index (κ3) is 3.28. The quantitative estimate of drug-likeness (QED) is 0.759. The summed E-state index contributed by atoms with van der Waals surface area (Å²) in [5.74, 6) is 0.411. The SMILES string of the molecule is O=C(CN1CCCCCC1)C1CCCN1. The van der Waals surface area contributed by atoms with Crippen molar-refractivity contribution in [3.8, 4) is 0 Å². The highest BCUT2D eigenvalue weighted by molar-refractivity contribution is 5.86. The maximum Gasteiger partial charge on any atom is 0.163 e. The number of nitrogens with zero attached hydrogens (tertiary/aromatic N) is 1. The highest BCUT2D eigenvalue weighted by atomic mass is 16.1. The summed E-state index contributed by atoms with van der Waals surface area (Å²) in [5, 5.41) is 3.29. The molecule has 15 heavy (non-hydrogen) atoms. The van der Waals surface area contributed by atoms with Gasteiger partial charge in [-0.15, -0.1) is 0 Å². The van der Waals surface area contributed by atoms with Gasteiger partial charge in [0.15, 0.2) is 5.78 Å². The van der Waals surface area contributed by atoms with Crippen LogP contribution >= 0.6 is 0 Å². The predicted molar refractivity (Wildman–Crippen MR) is 60.9 cm³/mol. The summed E-state index contributed by atoms with van der Waals surface area (Å²) in [5.41, 5.74) is 0. The van der Waals surface area contributed by atoms with Crippen molar-refractivity contribution in [2.24, 2.45) is 0 Å². The fourth-order valence-corrected chi connectivity index (χ4v) is 2.58. The Labute approximate surface area is 92.2 Å². The second kappa shape index (κ2) is 5.61. The Hall–Kier alpha value is -0.410. The summed E-state index contributed by atoms with van der Waals surface area (Å²) in [7, 11) is 0. The van der Waals surface area contributed by atoms with E-state index in [-0.39, 0.29) is 6.04 Å². The van der Waals surface area contributed by atoms with Gasteiger partial charge in [-0.2, -0.15) is 0 Å². The van der Waals surface area contributed by atoms with Crippen LogP contribution in [0.4, 0.5) is 0 Å². The molecule has 2 aliphatic heterocycles. The second-order valence-electron chi connectivity index (χ2n) is 4.81. The van der Waals surface area contributed by atoms with E-state index in [0.29, 0.717) is 12.3 Å². The van der Waals surface area contributed by atoms with Crippen molar-refractivity contribution < 1.29 is 4.79 Å². The first-order valence-corrected chi connectivity index (χ1v) is 6.35. The molecule has 0 spiro atoms. The van der Waals surface area contributed by atoms with Gasteiger partial charge in [0, 0.05) is 0 Å². The van der Waals surface area contributed by atoms with Gasteiger partial charge in [0.05, 0.1) is 12.6 Å². The van der Waals surface area contributed by atoms with Crippen LogP contribution in [0.1, 0.15) is 38.5 Å². The highest BCUT2D eigenvalue weighted by Crippen LogP contribution is 2.11. The van der Waals surface area contributed by atoms with Crippen molar-refractivity contribution in [2.45, 2.75) is 44.6 Å². The highest BCUT2D eigenvalue weighted by Gasteiger charge is 2.23. The van der Waals surface area contributed by atoms with E-state index >= 15 is 0 Å². The molecule has 0 aromatic rings. The van der Waals surface area contributed by atoms with Crippen molar-refractivity contribution in [3.63, 3.8) is 0 Å². The lowest BCUT2D eigenvalue weighted by atomic mass is 10.1. The van der Waals surface area contributed by atoms with Crippen molar-refractivity contribution >= 4 is 5.78 Å². The van der Waals surface area contributed by atoms with Gasteiger partial charge in [-0.1, -0.05) is 12.8 Å².